The number of anilines is 3. The minimum Gasteiger partial charge on any atom is -0.481 e. The standard InChI is InChI=1S/C24H33N5O6/c1-6-34-21(31)13-26-16-7-8-20(33-5)29-22(16)27-15-9-14-10-19(30)18(11-17(14)25-12-15)28-23(32)35-24(2,3)4/h7-9,12,18-19,26,30H,6,10-11,13H2,1-5H3,(H,27,29)(H,28,32)/t18-,19+/m0/s1. The highest BCUT2D eigenvalue weighted by molar-refractivity contribution is 5.78. The molecule has 0 bridgehead atoms. The van der Waals surface area contributed by atoms with Gasteiger partial charge in [-0.2, -0.15) is 4.98 Å². The fourth-order valence-electron chi connectivity index (χ4n) is 3.59. The highest BCUT2D eigenvalue weighted by atomic mass is 16.6. The van der Waals surface area contributed by atoms with E-state index in [1.807, 2.05) is 6.07 Å². The first kappa shape index (κ1) is 26.0. The fraction of sp³-hybridized carbons (Fsp3) is 0.500. The molecule has 3 rings (SSSR count). The molecule has 4 N–H and O–H groups in total. The summed E-state index contributed by atoms with van der Waals surface area (Å²) >= 11 is 0. The molecule has 0 saturated carbocycles. The molecule has 1 aliphatic rings. The second-order valence-electron chi connectivity index (χ2n) is 9.09. The number of pyridine rings is 2. The number of carbonyl (C=O) groups is 2. The molecule has 0 spiro atoms. The summed E-state index contributed by atoms with van der Waals surface area (Å²) in [6, 6.07) is 4.81. The van der Waals surface area contributed by atoms with E-state index in [0.29, 0.717) is 42.5 Å². The molecule has 35 heavy (non-hydrogen) atoms. The summed E-state index contributed by atoms with van der Waals surface area (Å²) in [6.07, 6.45) is 0.980. The predicted octanol–water partition coefficient (Wildman–Crippen LogP) is 2.56. The Labute approximate surface area is 204 Å². The molecule has 2 atom stereocenters. The molecule has 0 radical (unpaired) electrons. The molecule has 0 aliphatic heterocycles. The first-order valence-electron chi connectivity index (χ1n) is 11.4. The second kappa shape index (κ2) is 11.2. The van der Waals surface area contributed by atoms with Crippen molar-refractivity contribution in [2.75, 3.05) is 30.9 Å². The third kappa shape index (κ3) is 7.44. The Morgan fingerprint density at radius 1 is 1.23 bits per heavy atom. The van der Waals surface area contributed by atoms with Gasteiger partial charge in [0.15, 0.2) is 5.82 Å². The van der Waals surface area contributed by atoms with E-state index in [1.54, 1.807) is 46.0 Å². The number of ether oxygens (including phenoxy) is 3. The van der Waals surface area contributed by atoms with Crippen LogP contribution >= 0.6 is 0 Å². The molecular weight excluding hydrogens is 454 g/mol. The van der Waals surface area contributed by atoms with Gasteiger partial charge in [0, 0.05) is 24.6 Å². The number of hydrogen-bond acceptors (Lipinski definition) is 10. The molecule has 0 saturated heterocycles. The number of nitrogens with zero attached hydrogens (tertiary/aromatic N) is 2. The number of alkyl carbamates (subject to hydrolysis) is 1. The van der Waals surface area contributed by atoms with E-state index in [2.05, 4.69) is 25.9 Å². The topological polar surface area (TPSA) is 144 Å². The Bertz CT molecular complexity index is 1060. The van der Waals surface area contributed by atoms with Gasteiger partial charge in [-0.15, -0.1) is 0 Å². The highest BCUT2D eigenvalue weighted by Crippen LogP contribution is 2.29. The second-order valence-corrected chi connectivity index (χ2v) is 9.09. The van der Waals surface area contributed by atoms with E-state index in [-0.39, 0.29) is 12.5 Å². The summed E-state index contributed by atoms with van der Waals surface area (Å²) in [4.78, 5) is 32.8. The molecule has 0 unspecified atom stereocenters. The van der Waals surface area contributed by atoms with Crippen LogP contribution in [-0.4, -0.2) is 65.1 Å². The first-order chi connectivity index (χ1) is 16.6. The van der Waals surface area contributed by atoms with Crippen molar-refractivity contribution in [2.45, 2.75) is 58.3 Å². The molecule has 2 aromatic heterocycles. The third-order valence-electron chi connectivity index (χ3n) is 5.14. The predicted molar refractivity (Wildman–Crippen MR) is 130 cm³/mol. The average molecular weight is 488 g/mol. The number of aliphatic hydroxyl groups is 1. The lowest BCUT2D eigenvalue weighted by atomic mass is 9.89. The summed E-state index contributed by atoms with van der Waals surface area (Å²) < 4.78 is 15.5. The monoisotopic (exact) mass is 487 g/mol. The summed E-state index contributed by atoms with van der Waals surface area (Å²) in [5, 5.41) is 19.6. The molecule has 2 heterocycles. The van der Waals surface area contributed by atoms with Crippen molar-refractivity contribution in [1.82, 2.24) is 15.3 Å². The Hall–Kier alpha value is -3.60. The molecule has 0 aromatic carbocycles. The van der Waals surface area contributed by atoms with Crippen molar-refractivity contribution >= 4 is 29.3 Å². The number of aromatic nitrogens is 2. The number of hydrogen-bond donors (Lipinski definition) is 4. The van der Waals surface area contributed by atoms with Gasteiger partial charge in [-0.05, 0) is 45.4 Å². The Morgan fingerprint density at radius 2 is 2.00 bits per heavy atom. The van der Waals surface area contributed by atoms with E-state index >= 15 is 0 Å². The van der Waals surface area contributed by atoms with Crippen molar-refractivity contribution in [3.63, 3.8) is 0 Å². The van der Waals surface area contributed by atoms with E-state index < -0.39 is 23.8 Å². The van der Waals surface area contributed by atoms with Crippen LogP contribution in [0.25, 0.3) is 0 Å². The smallest absolute Gasteiger partial charge is 0.407 e. The van der Waals surface area contributed by atoms with Crippen LogP contribution < -0.4 is 20.7 Å². The van der Waals surface area contributed by atoms with Gasteiger partial charge in [-0.1, -0.05) is 0 Å². The molecule has 2 aromatic rings. The van der Waals surface area contributed by atoms with Gasteiger partial charge in [-0.3, -0.25) is 9.78 Å². The van der Waals surface area contributed by atoms with Gasteiger partial charge in [0.1, 0.15) is 12.1 Å². The van der Waals surface area contributed by atoms with E-state index in [9.17, 15) is 14.7 Å². The number of esters is 1. The number of fused-ring (bicyclic) bond motifs is 1. The lowest BCUT2D eigenvalue weighted by Crippen LogP contribution is -2.49. The maximum absolute atomic E-state index is 12.1. The van der Waals surface area contributed by atoms with Gasteiger partial charge < -0.3 is 35.3 Å². The third-order valence-corrected chi connectivity index (χ3v) is 5.14. The average Bonchev–Trinajstić information content (AvgIpc) is 2.77. The van der Waals surface area contributed by atoms with Crippen LogP contribution in [0, 0.1) is 0 Å². The molecule has 1 aliphatic carbocycles. The Balaban J connectivity index is 1.73. The van der Waals surface area contributed by atoms with Crippen LogP contribution in [0.4, 0.5) is 22.0 Å². The zero-order valence-electron chi connectivity index (χ0n) is 20.7. The number of rotatable bonds is 8. The number of amides is 1. The van der Waals surface area contributed by atoms with Gasteiger partial charge in [-0.25, -0.2) is 4.79 Å². The minimum absolute atomic E-state index is 0.0167. The van der Waals surface area contributed by atoms with Crippen LogP contribution in [0.3, 0.4) is 0 Å². The van der Waals surface area contributed by atoms with Gasteiger partial charge in [0.2, 0.25) is 5.88 Å². The Kier molecular flexibility index (Phi) is 8.34. The number of carbonyl (C=O) groups excluding carboxylic acids is 2. The van der Waals surface area contributed by atoms with Crippen LogP contribution in [0.1, 0.15) is 39.0 Å². The van der Waals surface area contributed by atoms with Crippen molar-refractivity contribution < 1.29 is 28.9 Å². The number of methoxy groups -OCH3 is 1. The number of aliphatic hydroxyl groups excluding tert-OH is 1. The Morgan fingerprint density at radius 3 is 2.69 bits per heavy atom. The van der Waals surface area contributed by atoms with Crippen molar-refractivity contribution in [1.29, 1.82) is 0 Å². The van der Waals surface area contributed by atoms with Crippen LogP contribution in [0.5, 0.6) is 5.88 Å². The zero-order valence-corrected chi connectivity index (χ0v) is 20.7. The highest BCUT2D eigenvalue weighted by Gasteiger charge is 2.30. The van der Waals surface area contributed by atoms with Crippen LogP contribution in [-0.2, 0) is 27.1 Å². The summed E-state index contributed by atoms with van der Waals surface area (Å²) in [7, 11) is 1.52. The summed E-state index contributed by atoms with van der Waals surface area (Å²) in [6.45, 7) is 7.37. The van der Waals surface area contributed by atoms with Crippen molar-refractivity contribution in [3.8, 4) is 5.88 Å². The summed E-state index contributed by atoms with van der Waals surface area (Å²) in [5.41, 5.74) is 2.24. The first-order valence-corrected chi connectivity index (χ1v) is 11.4. The SMILES string of the molecule is CCOC(=O)CNc1ccc(OC)nc1Nc1cnc2c(c1)C[C@@H](O)[C@@H](NC(=O)OC(C)(C)C)C2. The van der Waals surface area contributed by atoms with E-state index in [1.165, 1.54) is 7.11 Å². The molecule has 11 nitrogen and oxygen atoms in total. The molecule has 11 heteroatoms. The number of nitrogens with one attached hydrogen (secondary N) is 3. The molecule has 0 fully saturated rings. The fourth-order valence-corrected chi connectivity index (χ4v) is 3.59. The van der Waals surface area contributed by atoms with E-state index in [0.717, 1.165) is 11.3 Å². The van der Waals surface area contributed by atoms with Crippen molar-refractivity contribution in [3.05, 3.63) is 35.7 Å². The normalized spacial score (nSPS) is 17.1. The van der Waals surface area contributed by atoms with Gasteiger partial charge in [0.05, 0.1) is 43.4 Å². The molecule has 1 amide bonds. The van der Waals surface area contributed by atoms with E-state index in [4.69, 9.17) is 14.2 Å². The maximum atomic E-state index is 12.1. The zero-order chi connectivity index (χ0) is 25.6. The van der Waals surface area contributed by atoms with Crippen molar-refractivity contribution in [2.24, 2.45) is 0 Å². The lowest BCUT2D eigenvalue weighted by molar-refractivity contribution is -0.140. The van der Waals surface area contributed by atoms with Gasteiger partial charge >= 0.3 is 12.1 Å². The van der Waals surface area contributed by atoms with Crippen LogP contribution in [0.15, 0.2) is 24.4 Å². The van der Waals surface area contributed by atoms with Crippen LogP contribution in [0.2, 0.25) is 0 Å². The minimum atomic E-state index is -0.788. The van der Waals surface area contributed by atoms with Gasteiger partial charge in [0.25, 0.3) is 0 Å². The molecular formula is C24H33N5O6. The quantitative estimate of drug-likeness (QED) is 0.410. The summed E-state index contributed by atoms with van der Waals surface area (Å²) in [5.74, 6) is 0.455. The largest absolute Gasteiger partial charge is 0.481 e. The molecule has 190 valence electrons. The maximum Gasteiger partial charge on any atom is 0.407 e. The lowest BCUT2D eigenvalue weighted by Gasteiger charge is -2.31.